The van der Waals surface area contributed by atoms with Gasteiger partial charge in [0.15, 0.2) is 0 Å². The lowest BCUT2D eigenvalue weighted by Gasteiger charge is -2.28. The van der Waals surface area contributed by atoms with E-state index in [1.54, 1.807) is 0 Å². The second-order valence-electron chi connectivity index (χ2n) is 7.76. The Labute approximate surface area is 186 Å². The molecule has 2 aliphatic rings. The maximum Gasteiger partial charge on any atom is 0.278 e. The standard InChI is InChI=1S/C23H27N3O4S/c1-16(2)30-18-7-5-17(6-8-18)24-21-20(19-4-3-15-31-19)22(27)26(23(21)28)10-9-25-11-13-29-14-12-25/h3-8,15-16,24H,9-14H2,1-2H3. The van der Waals surface area contributed by atoms with Gasteiger partial charge in [0.2, 0.25) is 0 Å². The number of hydrogen-bond donors (Lipinski definition) is 1. The van der Waals surface area contributed by atoms with Crippen molar-refractivity contribution in [3.8, 4) is 5.75 Å². The minimum Gasteiger partial charge on any atom is -0.491 e. The van der Waals surface area contributed by atoms with E-state index in [1.807, 2.05) is 55.6 Å². The van der Waals surface area contributed by atoms with Crippen molar-refractivity contribution in [1.82, 2.24) is 9.80 Å². The van der Waals surface area contributed by atoms with Crippen molar-refractivity contribution in [3.05, 3.63) is 52.4 Å². The first-order valence-corrected chi connectivity index (χ1v) is 11.4. The monoisotopic (exact) mass is 441 g/mol. The Hall–Kier alpha value is -2.68. The Balaban J connectivity index is 1.53. The minimum atomic E-state index is -0.288. The van der Waals surface area contributed by atoms with Crippen molar-refractivity contribution in [2.45, 2.75) is 20.0 Å². The zero-order chi connectivity index (χ0) is 21.8. The van der Waals surface area contributed by atoms with Crippen LogP contribution < -0.4 is 10.1 Å². The second-order valence-corrected chi connectivity index (χ2v) is 8.71. The van der Waals surface area contributed by atoms with Crippen LogP contribution in [0.2, 0.25) is 0 Å². The SMILES string of the molecule is CC(C)Oc1ccc(NC2=C(c3cccs3)C(=O)N(CCN3CCOCC3)C2=O)cc1. The molecule has 4 rings (SSSR count). The number of carbonyl (C=O) groups is 2. The van der Waals surface area contributed by atoms with E-state index in [4.69, 9.17) is 9.47 Å². The van der Waals surface area contributed by atoms with Crippen molar-refractivity contribution in [1.29, 1.82) is 0 Å². The molecule has 1 saturated heterocycles. The fraction of sp³-hybridized carbons (Fsp3) is 0.391. The summed E-state index contributed by atoms with van der Waals surface area (Å²) in [6.45, 7) is 7.95. The van der Waals surface area contributed by atoms with E-state index in [9.17, 15) is 9.59 Å². The fourth-order valence-corrected chi connectivity index (χ4v) is 4.41. The highest BCUT2D eigenvalue weighted by Crippen LogP contribution is 2.33. The number of nitrogens with zero attached hydrogens (tertiary/aromatic N) is 2. The van der Waals surface area contributed by atoms with Crippen LogP contribution in [0.5, 0.6) is 5.75 Å². The largest absolute Gasteiger partial charge is 0.491 e. The number of carbonyl (C=O) groups excluding carboxylic acids is 2. The van der Waals surface area contributed by atoms with Gasteiger partial charge in [-0.15, -0.1) is 11.3 Å². The van der Waals surface area contributed by atoms with Gasteiger partial charge in [-0.05, 0) is 49.6 Å². The Morgan fingerprint density at radius 2 is 1.81 bits per heavy atom. The molecule has 0 saturated carbocycles. The van der Waals surface area contributed by atoms with E-state index in [0.717, 1.165) is 29.4 Å². The highest BCUT2D eigenvalue weighted by molar-refractivity contribution is 7.11. The molecule has 2 aliphatic heterocycles. The van der Waals surface area contributed by atoms with Crippen LogP contribution in [0.15, 0.2) is 47.5 Å². The van der Waals surface area contributed by atoms with Gasteiger partial charge in [-0.1, -0.05) is 6.07 Å². The van der Waals surface area contributed by atoms with Crippen molar-refractivity contribution in [2.24, 2.45) is 0 Å². The molecule has 2 aromatic rings. The lowest BCUT2D eigenvalue weighted by atomic mass is 10.2. The summed E-state index contributed by atoms with van der Waals surface area (Å²) in [5.41, 5.74) is 1.49. The Bertz CT molecular complexity index is 948. The van der Waals surface area contributed by atoms with Gasteiger partial charge in [-0.25, -0.2) is 0 Å². The Kier molecular flexibility index (Phi) is 6.70. The summed E-state index contributed by atoms with van der Waals surface area (Å²) in [6.07, 6.45) is 0.0843. The summed E-state index contributed by atoms with van der Waals surface area (Å²) in [6, 6.07) is 11.2. The molecule has 1 N–H and O–H groups in total. The minimum absolute atomic E-state index is 0.0843. The molecule has 8 heteroatoms. The van der Waals surface area contributed by atoms with Gasteiger partial charge in [-0.3, -0.25) is 19.4 Å². The van der Waals surface area contributed by atoms with Crippen molar-refractivity contribution >= 4 is 34.4 Å². The molecule has 0 radical (unpaired) electrons. The number of ether oxygens (including phenoxy) is 2. The van der Waals surface area contributed by atoms with Crippen molar-refractivity contribution in [3.63, 3.8) is 0 Å². The molecule has 1 aromatic carbocycles. The number of nitrogens with one attached hydrogen (secondary N) is 1. The zero-order valence-electron chi connectivity index (χ0n) is 17.8. The topological polar surface area (TPSA) is 71.1 Å². The van der Waals surface area contributed by atoms with Crippen LogP contribution in [0.1, 0.15) is 18.7 Å². The quantitative estimate of drug-likeness (QED) is 0.635. The number of amides is 2. The maximum atomic E-state index is 13.2. The predicted molar refractivity (Wildman–Crippen MR) is 121 cm³/mol. The molecular formula is C23H27N3O4S. The molecule has 0 unspecified atom stereocenters. The first-order valence-electron chi connectivity index (χ1n) is 10.5. The summed E-state index contributed by atoms with van der Waals surface area (Å²) in [5.74, 6) is 0.223. The van der Waals surface area contributed by atoms with E-state index < -0.39 is 0 Å². The smallest absolute Gasteiger partial charge is 0.278 e. The summed E-state index contributed by atoms with van der Waals surface area (Å²) in [4.78, 5) is 30.8. The normalized spacial score (nSPS) is 17.7. The lowest BCUT2D eigenvalue weighted by molar-refractivity contribution is -0.137. The van der Waals surface area contributed by atoms with Crippen LogP contribution in [0.25, 0.3) is 5.57 Å². The van der Waals surface area contributed by atoms with E-state index in [0.29, 0.717) is 37.6 Å². The van der Waals surface area contributed by atoms with Crippen molar-refractivity contribution < 1.29 is 19.1 Å². The van der Waals surface area contributed by atoms with E-state index in [-0.39, 0.29) is 17.9 Å². The summed E-state index contributed by atoms with van der Waals surface area (Å²) in [7, 11) is 0. The molecule has 0 aliphatic carbocycles. The van der Waals surface area contributed by atoms with Gasteiger partial charge in [0.05, 0.1) is 24.9 Å². The molecular weight excluding hydrogens is 414 g/mol. The third kappa shape index (κ3) is 4.98. The number of imide groups is 1. The molecule has 0 bridgehead atoms. The number of hydrogen-bond acceptors (Lipinski definition) is 7. The number of morpholine rings is 1. The van der Waals surface area contributed by atoms with Gasteiger partial charge in [0, 0.05) is 36.7 Å². The van der Waals surface area contributed by atoms with Crippen molar-refractivity contribution in [2.75, 3.05) is 44.7 Å². The fourth-order valence-electron chi connectivity index (χ4n) is 3.64. The predicted octanol–water partition coefficient (Wildman–Crippen LogP) is 3.06. The van der Waals surface area contributed by atoms with Crippen LogP contribution in [0, 0.1) is 0 Å². The lowest BCUT2D eigenvalue weighted by Crippen LogP contribution is -2.43. The molecule has 3 heterocycles. The number of rotatable bonds is 8. The summed E-state index contributed by atoms with van der Waals surface area (Å²) in [5, 5.41) is 5.10. The molecule has 7 nitrogen and oxygen atoms in total. The van der Waals surface area contributed by atoms with E-state index in [2.05, 4.69) is 10.2 Å². The maximum absolute atomic E-state index is 13.2. The van der Waals surface area contributed by atoms with Gasteiger partial charge in [0.25, 0.3) is 11.8 Å². The van der Waals surface area contributed by atoms with E-state index in [1.165, 1.54) is 16.2 Å². The third-order valence-electron chi connectivity index (χ3n) is 5.17. The van der Waals surface area contributed by atoms with E-state index >= 15 is 0 Å². The second kappa shape index (κ2) is 9.64. The van der Waals surface area contributed by atoms with Crippen LogP contribution >= 0.6 is 11.3 Å². The van der Waals surface area contributed by atoms with Gasteiger partial charge in [0.1, 0.15) is 11.4 Å². The highest BCUT2D eigenvalue weighted by atomic mass is 32.1. The zero-order valence-corrected chi connectivity index (χ0v) is 18.6. The van der Waals surface area contributed by atoms with Gasteiger partial charge in [-0.2, -0.15) is 0 Å². The van der Waals surface area contributed by atoms with Crippen LogP contribution in [0.3, 0.4) is 0 Å². The number of anilines is 1. The molecule has 1 aromatic heterocycles. The molecule has 1 fully saturated rings. The van der Waals surface area contributed by atoms with Crippen LogP contribution in [-0.2, 0) is 14.3 Å². The Morgan fingerprint density at radius 1 is 1.06 bits per heavy atom. The molecule has 0 spiro atoms. The average Bonchev–Trinajstić information content (AvgIpc) is 3.36. The van der Waals surface area contributed by atoms with Gasteiger partial charge >= 0.3 is 0 Å². The highest BCUT2D eigenvalue weighted by Gasteiger charge is 2.39. The first kappa shape index (κ1) is 21.5. The Morgan fingerprint density at radius 3 is 2.45 bits per heavy atom. The molecule has 31 heavy (non-hydrogen) atoms. The number of thiophene rings is 1. The molecule has 164 valence electrons. The first-order chi connectivity index (χ1) is 15.0. The average molecular weight is 442 g/mol. The summed E-state index contributed by atoms with van der Waals surface area (Å²) < 4.78 is 11.1. The molecule has 0 atom stereocenters. The van der Waals surface area contributed by atoms with Crippen LogP contribution in [-0.4, -0.2) is 67.1 Å². The third-order valence-corrected chi connectivity index (χ3v) is 6.06. The summed E-state index contributed by atoms with van der Waals surface area (Å²) >= 11 is 1.45. The number of benzene rings is 1. The van der Waals surface area contributed by atoms with Crippen LogP contribution in [0.4, 0.5) is 5.69 Å². The van der Waals surface area contributed by atoms with Gasteiger partial charge < -0.3 is 14.8 Å². The molecule has 2 amide bonds.